The number of hydrogen-bond acceptors (Lipinski definition) is 11. The van der Waals surface area contributed by atoms with Crippen LogP contribution in [0.15, 0.2) is 113 Å². The number of nitrogens with two attached hydrogens (primary N) is 1. The van der Waals surface area contributed by atoms with Crippen LogP contribution in [-0.4, -0.2) is 38.3 Å². The van der Waals surface area contributed by atoms with Crippen molar-refractivity contribution in [2.45, 2.75) is 26.7 Å². The van der Waals surface area contributed by atoms with Gasteiger partial charge in [-0.05, 0) is 55.3 Å². The number of nitro benzene ring substituents is 2. The zero-order chi connectivity index (χ0) is 40.2. The number of pyridine rings is 2. The smallest absolute Gasteiger partial charge is 1.00 e. The molecule has 296 valence electrons. The number of anilines is 2. The minimum atomic E-state index is -1.16. The van der Waals surface area contributed by atoms with Gasteiger partial charge < -0.3 is 27.2 Å². The zero-order valence-electron chi connectivity index (χ0n) is 30.7. The van der Waals surface area contributed by atoms with E-state index in [-0.39, 0.29) is 183 Å². The van der Waals surface area contributed by atoms with Crippen LogP contribution < -0.4 is 165 Å². The summed E-state index contributed by atoms with van der Waals surface area (Å²) in [4.78, 5) is 67.3. The Hall–Kier alpha value is -3.12. The first-order valence-corrected chi connectivity index (χ1v) is 15.1. The van der Waals surface area contributed by atoms with Gasteiger partial charge in [-0.1, -0.05) is 19.6 Å². The van der Waals surface area contributed by atoms with E-state index in [1.165, 1.54) is 41.1 Å². The maximum atomic E-state index is 13.4. The van der Waals surface area contributed by atoms with E-state index in [1.807, 2.05) is 0 Å². The molecule has 0 radical (unpaired) electrons. The van der Waals surface area contributed by atoms with Crippen LogP contribution in [0.25, 0.3) is 5.69 Å². The van der Waals surface area contributed by atoms with Crippen LogP contribution in [0.4, 0.5) is 40.3 Å². The molecule has 3 heterocycles. The molecular formula is C35H36Cs2F4N6O10. The second-order valence-corrected chi connectivity index (χ2v) is 10.3. The number of piperidine rings is 1. The molecule has 2 aromatic heterocycles. The van der Waals surface area contributed by atoms with Crippen molar-refractivity contribution in [1.29, 1.82) is 0 Å². The molecule has 5 aromatic rings. The maximum absolute atomic E-state index is 13.4. The summed E-state index contributed by atoms with van der Waals surface area (Å²) >= 11 is 0. The number of nitrogen functional groups attached to an aromatic ring is 1. The van der Waals surface area contributed by atoms with Crippen LogP contribution in [0.3, 0.4) is 0 Å². The molecule has 1 aliphatic heterocycles. The molecule has 6 rings (SSSR count). The van der Waals surface area contributed by atoms with E-state index in [4.69, 9.17) is 15.8 Å². The van der Waals surface area contributed by atoms with Crippen LogP contribution in [0.1, 0.15) is 29.5 Å². The van der Waals surface area contributed by atoms with Gasteiger partial charge in [-0.2, -0.15) is 8.78 Å². The summed E-state index contributed by atoms with van der Waals surface area (Å²) in [6.45, 7) is 0.488. The van der Waals surface area contributed by atoms with Crippen molar-refractivity contribution in [3.8, 4) is 5.69 Å². The zero-order valence-corrected chi connectivity index (χ0v) is 42.2. The number of carbonyl (C=O) groups is 2. The summed E-state index contributed by atoms with van der Waals surface area (Å²) in [5.41, 5.74) is 4.63. The average Bonchev–Trinajstić information content (AvgIpc) is 3.14. The molecule has 57 heavy (non-hydrogen) atoms. The quantitative estimate of drug-likeness (QED) is 0.0569. The van der Waals surface area contributed by atoms with Gasteiger partial charge in [-0.15, -0.1) is 0 Å². The molecule has 22 heteroatoms. The summed E-state index contributed by atoms with van der Waals surface area (Å²) < 4.78 is 52.3. The number of hydrogen-bond donors (Lipinski definition) is 2. The van der Waals surface area contributed by atoms with Crippen molar-refractivity contribution in [2.75, 3.05) is 17.2 Å². The van der Waals surface area contributed by atoms with Crippen molar-refractivity contribution < 1.29 is 188 Å². The Morgan fingerprint density at radius 2 is 1.35 bits per heavy atom. The molecule has 3 N–H and O–H groups in total. The number of nitrogens with one attached hydrogen (secondary N) is 1. The first-order valence-electron chi connectivity index (χ1n) is 15.1. The monoisotopic (exact) mass is 1040 g/mol. The number of carbonyl (C=O) groups excluding carboxylic acids is 2. The third kappa shape index (κ3) is 19.9. The summed E-state index contributed by atoms with van der Waals surface area (Å²) in [5.74, 6) is -3.36. The van der Waals surface area contributed by atoms with E-state index in [0.717, 1.165) is 37.1 Å². The van der Waals surface area contributed by atoms with Gasteiger partial charge in [0.25, 0.3) is 12.0 Å². The van der Waals surface area contributed by atoms with Gasteiger partial charge in [0.2, 0.25) is 23.1 Å². The third-order valence-electron chi connectivity index (χ3n) is 6.67. The predicted molar refractivity (Wildman–Crippen MR) is 193 cm³/mol. The first kappa shape index (κ1) is 56.0. The van der Waals surface area contributed by atoms with E-state index in [9.17, 15) is 52.2 Å². The number of aromatic amines is 1. The van der Waals surface area contributed by atoms with Gasteiger partial charge in [-0.3, -0.25) is 44.0 Å². The molecule has 0 bridgehead atoms. The second kappa shape index (κ2) is 30.0. The normalized spacial score (nSPS) is 10.8. The SMILES string of the molecule is C.Nc1ccc(N2CCCCC2=O)cc1F.O=CO[O-].O=[N+]([O-])c1ccc(F)cc1F.O=c1cccc[nH]1.O=c1ccccn1-c1ccc([N+](=O)[O-])c(F)c1.[Cs+].[Cs+].[H-].[HH]. The minimum absolute atomic E-state index is 0. The summed E-state index contributed by atoms with van der Waals surface area (Å²) in [7, 11) is 0. The number of halogens is 4. The molecule has 0 aliphatic carbocycles. The topological polar surface area (TPSA) is 237 Å². The van der Waals surface area contributed by atoms with E-state index >= 15 is 0 Å². The molecule has 1 fully saturated rings. The molecule has 3 aromatic carbocycles. The average molecular weight is 1040 g/mol. The molecule has 0 unspecified atom stereocenters. The first-order chi connectivity index (χ1) is 25.7. The maximum Gasteiger partial charge on any atom is 1.00 e. The van der Waals surface area contributed by atoms with Crippen LogP contribution >= 0.6 is 0 Å². The largest absolute Gasteiger partial charge is 1.00 e. The molecule has 0 atom stereocenters. The molecule has 16 nitrogen and oxygen atoms in total. The van der Waals surface area contributed by atoms with Gasteiger partial charge in [0.15, 0.2) is 0 Å². The van der Waals surface area contributed by atoms with Crippen molar-refractivity contribution >= 4 is 35.1 Å². The minimum Gasteiger partial charge on any atom is -1.00 e. The fourth-order valence-electron chi connectivity index (χ4n) is 4.20. The molecular weight excluding hydrogens is 1010 g/mol. The van der Waals surface area contributed by atoms with Gasteiger partial charge in [0.05, 0.1) is 21.2 Å². The number of rotatable bonds is 5. The van der Waals surface area contributed by atoms with Crippen molar-refractivity contribution in [3.05, 3.63) is 168 Å². The number of nitro groups is 2. The van der Waals surface area contributed by atoms with E-state index in [2.05, 4.69) is 9.87 Å². The number of aromatic nitrogens is 2. The second-order valence-electron chi connectivity index (χ2n) is 10.3. The Labute approximate surface area is 442 Å². The standard InChI is InChI=1S/C11H7FN2O3.C11H13FN2O.C6H3F2NO2.C5H5NO.CH2O3.CH4.2Cs.H2.H/c12-9-7-8(4-5-10(9)14(16)17)13-6-2-1-3-11(13)15;12-9-7-8(4-5-10(9)13)14-6-2-1-3-11(14)15;7-4-1-2-6(9(10)11)5(8)3-4;7-5-3-1-2-4-6-5;2-1-4-3;;;;;/h1-7H;4-5,7H,1-3,6,13H2;1-3H;1-4H,(H,6,7);1,3H;1H4;;;1H;/q;;;;;;2*+1;;-1/p-1. The van der Waals surface area contributed by atoms with Crippen LogP contribution in [-0.2, 0) is 14.5 Å². The molecule has 1 aliphatic rings. The Kier molecular flexibility index (Phi) is 29.5. The predicted octanol–water partition coefficient (Wildman–Crippen LogP) is -0.505. The Morgan fingerprint density at radius 1 is 0.789 bits per heavy atom. The van der Waals surface area contributed by atoms with E-state index < -0.39 is 44.5 Å². The Morgan fingerprint density at radius 3 is 1.81 bits per heavy atom. The van der Waals surface area contributed by atoms with Gasteiger partial charge >= 0.3 is 149 Å². The molecule has 0 spiro atoms. The summed E-state index contributed by atoms with van der Waals surface area (Å²) in [6, 6.07) is 19.3. The summed E-state index contributed by atoms with van der Waals surface area (Å²) in [5, 5.41) is 28.8. The molecule has 0 saturated carbocycles. The number of H-pyrrole nitrogens is 1. The van der Waals surface area contributed by atoms with Gasteiger partial charge in [0.1, 0.15) is 11.6 Å². The number of nitrogens with zero attached hydrogens (tertiary/aromatic N) is 4. The Bertz CT molecular complexity index is 2170. The van der Waals surface area contributed by atoms with Crippen molar-refractivity contribution in [3.63, 3.8) is 0 Å². The van der Waals surface area contributed by atoms with Crippen molar-refractivity contribution in [2.24, 2.45) is 0 Å². The van der Waals surface area contributed by atoms with Gasteiger partial charge in [0, 0.05) is 68.9 Å². The third-order valence-corrected chi connectivity index (χ3v) is 6.67. The van der Waals surface area contributed by atoms with Crippen LogP contribution in [0.2, 0.25) is 0 Å². The summed E-state index contributed by atoms with van der Waals surface area (Å²) in [6.07, 6.45) is 5.50. The van der Waals surface area contributed by atoms with E-state index in [0.29, 0.717) is 24.7 Å². The molecule has 1 saturated heterocycles. The Balaban J connectivity index is -0.000000333. The van der Waals surface area contributed by atoms with Crippen LogP contribution in [0.5, 0.6) is 0 Å². The molecule has 1 amide bonds. The van der Waals surface area contributed by atoms with Gasteiger partial charge in [-0.25, -0.2) is 8.78 Å². The van der Waals surface area contributed by atoms with Crippen LogP contribution in [0, 0.1) is 43.5 Å². The number of amides is 1. The van der Waals surface area contributed by atoms with Crippen molar-refractivity contribution in [1.82, 2.24) is 9.55 Å². The fourth-order valence-corrected chi connectivity index (χ4v) is 4.20. The van der Waals surface area contributed by atoms with E-state index in [1.54, 1.807) is 41.4 Å². The number of benzene rings is 3. The fraction of sp³-hybridized carbons (Fsp3) is 0.143.